The van der Waals surface area contributed by atoms with Gasteiger partial charge in [0, 0.05) is 24.4 Å². The topological polar surface area (TPSA) is 26.0 Å². The van der Waals surface area contributed by atoms with E-state index in [1.165, 1.54) is 0 Å². The van der Waals surface area contributed by atoms with Crippen LogP contribution in [0.4, 0.5) is 0 Å². The number of hydrogen-bond acceptors (Lipinski definition) is 2. The molecule has 0 bridgehead atoms. The zero-order valence-electron chi connectivity index (χ0n) is 9.49. The molecule has 0 N–H and O–H groups in total. The van der Waals surface area contributed by atoms with Gasteiger partial charge in [0.25, 0.3) is 0 Å². The number of pyridine rings is 1. The number of halogens is 2. The van der Waals surface area contributed by atoms with E-state index >= 15 is 0 Å². The average Bonchev–Trinajstić information content (AvgIpc) is 2.80. The van der Waals surface area contributed by atoms with E-state index in [2.05, 4.69) is 4.98 Å². The van der Waals surface area contributed by atoms with Gasteiger partial charge in [-0.05, 0) is 24.1 Å². The number of nitrogens with zero attached hydrogens (tertiary/aromatic N) is 1. The first kappa shape index (κ1) is 12.5. The second kappa shape index (κ2) is 5.56. The molecule has 2 heterocycles. The number of aryl methyl sites for hydroxylation is 1. The smallest absolute Gasteiger partial charge is 0.108 e. The Labute approximate surface area is 111 Å². The summed E-state index contributed by atoms with van der Waals surface area (Å²) in [6, 6.07) is 3.81. The number of furan rings is 1. The molecule has 0 aliphatic carbocycles. The van der Waals surface area contributed by atoms with Gasteiger partial charge in [-0.2, -0.15) is 0 Å². The first-order chi connectivity index (χ1) is 8.22. The minimum atomic E-state index is -0.122. The van der Waals surface area contributed by atoms with Crippen molar-refractivity contribution < 1.29 is 4.42 Å². The Morgan fingerprint density at radius 2 is 2.24 bits per heavy atom. The highest BCUT2D eigenvalue weighted by Crippen LogP contribution is 2.30. The Morgan fingerprint density at radius 3 is 2.94 bits per heavy atom. The van der Waals surface area contributed by atoms with Crippen LogP contribution >= 0.6 is 23.2 Å². The average molecular weight is 270 g/mol. The highest BCUT2D eigenvalue weighted by atomic mass is 35.5. The zero-order chi connectivity index (χ0) is 12.3. The molecule has 90 valence electrons. The Morgan fingerprint density at radius 1 is 1.41 bits per heavy atom. The van der Waals surface area contributed by atoms with E-state index in [-0.39, 0.29) is 5.38 Å². The summed E-state index contributed by atoms with van der Waals surface area (Å²) in [6.45, 7) is 2.05. The van der Waals surface area contributed by atoms with Crippen LogP contribution in [0, 0.1) is 0 Å². The molecular formula is C13H13Cl2NO. The van der Waals surface area contributed by atoms with Crippen molar-refractivity contribution >= 4 is 23.2 Å². The van der Waals surface area contributed by atoms with Crippen molar-refractivity contribution in [3.8, 4) is 0 Å². The fraction of sp³-hybridized carbons (Fsp3) is 0.308. The second-order valence-electron chi connectivity index (χ2n) is 3.79. The van der Waals surface area contributed by atoms with E-state index in [9.17, 15) is 0 Å². The summed E-state index contributed by atoms with van der Waals surface area (Å²) < 4.78 is 5.37. The summed E-state index contributed by atoms with van der Waals surface area (Å²) in [5.41, 5.74) is 2.05. The van der Waals surface area contributed by atoms with Crippen LogP contribution in [-0.2, 0) is 12.8 Å². The third-order valence-electron chi connectivity index (χ3n) is 2.69. The number of aromatic nitrogens is 1. The van der Waals surface area contributed by atoms with Crippen molar-refractivity contribution in [2.45, 2.75) is 25.1 Å². The molecule has 4 heteroatoms. The third kappa shape index (κ3) is 2.82. The van der Waals surface area contributed by atoms with Crippen LogP contribution < -0.4 is 0 Å². The van der Waals surface area contributed by atoms with E-state index < -0.39 is 0 Å². The van der Waals surface area contributed by atoms with Crippen LogP contribution in [-0.4, -0.2) is 4.98 Å². The molecule has 2 rings (SSSR count). The van der Waals surface area contributed by atoms with Crippen LogP contribution in [0.15, 0.2) is 35.2 Å². The van der Waals surface area contributed by atoms with Crippen LogP contribution in [0.1, 0.15) is 29.2 Å². The first-order valence-electron chi connectivity index (χ1n) is 5.51. The number of hydrogen-bond donors (Lipinski definition) is 0. The van der Waals surface area contributed by atoms with Gasteiger partial charge in [0.15, 0.2) is 0 Å². The molecule has 0 aliphatic heterocycles. The van der Waals surface area contributed by atoms with Gasteiger partial charge in [0.2, 0.25) is 0 Å². The monoisotopic (exact) mass is 269 g/mol. The predicted octanol–water partition coefficient (Wildman–Crippen LogP) is 4.41. The van der Waals surface area contributed by atoms with Gasteiger partial charge in [-0.25, -0.2) is 0 Å². The van der Waals surface area contributed by atoms with Crippen LogP contribution in [0.25, 0.3) is 0 Å². The van der Waals surface area contributed by atoms with Gasteiger partial charge >= 0.3 is 0 Å². The second-order valence-corrected chi connectivity index (χ2v) is 4.73. The predicted molar refractivity (Wildman–Crippen MR) is 69.6 cm³/mol. The van der Waals surface area contributed by atoms with Gasteiger partial charge in [-0.15, -0.1) is 11.6 Å². The molecule has 0 saturated heterocycles. The van der Waals surface area contributed by atoms with Crippen molar-refractivity contribution in [2.75, 3.05) is 0 Å². The van der Waals surface area contributed by atoms with Crippen LogP contribution in [0.3, 0.4) is 0 Å². The molecule has 1 unspecified atom stereocenters. The third-order valence-corrected chi connectivity index (χ3v) is 3.42. The van der Waals surface area contributed by atoms with Gasteiger partial charge in [-0.3, -0.25) is 4.98 Å². The summed E-state index contributed by atoms with van der Waals surface area (Å²) in [4.78, 5) is 3.96. The highest BCUT2D eigenvalue weighted by Gasteiger charge is 2.16. The minimum Gasteiger partial charge on any atom is -0.469 e. The Kier molecular flexibility index (Phi) is 4.08. The Hall–Kier alpha value is -0.990. The summed E-state index contributed by atoms with van der Waals surface area (Å²) >= 11 is 12.5. The molecule has 0 aliphatic rings. The fourth-order valence-electron chi connectivity index (χ4n) is 1.79. The maximum atomic E-state index is 6.40. The number of alkyl halides is 1. The lowest BCUT2D eigenvalue weighted by Gasteiger charge is -2.10. The van der Waals surface area contributed by atoms with E-state index in [1.54, 1.807) is 18.7 Å². The van der Waals surface area contributed by atoms with Gasteiger partial charge in [-0.1, -0.05) is 18.5 Å². The molecule has 2 aromatic rings. The molecule has 0 saturated carbocycles. The van der Waals surface area contributed by atoms with E-state index in [0.717, 1.165) is 23.3 Å². The summed E-state index contributed by atoms with van der Waals surface area (Å²) in [5.74, 6) is 0.940. The highest BCUT2D eigenvalue weighted by molar-refractivity contribution is 6.31. The lowest BCUT2D eigenvalue weighted by Crippen LogP contribution is -1.98. The summed E-state index contributed by atoms with van der Waals surface area (Å²) in [6.07, 6.45) is 6.56. The van der Waals surface area contributed by atoms with Gasteiger partial charge in [0.1, 0.15) is 5.76 Å². The van der Waals surface area contributed by atoms with E-state index in [1.807, 2.05) is 19.1 Å². The molecule has 17 heavy (non-hydrogen) atoms. The van der Waals surface area contributed by atoms with Crippen LogP contribution in [0.2, 0.25) is 5.02 Å². The lowest BCUT2D eigenvalue weighted by atomic mass is 10.0. The molecule has 0 fully saturated rings. The molecule has 0 aromatic carbocycles. The molecular weight excluding hydrogens is 257 g/mol. The normalized spacial score (nSPS) is 12.6. The molecule has 0 radical (unpaired) electrons. The van der Waals surface area contributed by atoms with Crippen molar-refractivity contribution in [1.82, 2.24) is 4.98 Å². The van der Waals surface area contributed by atoms with Crippen molar-refractivity contribution in [1.29, 1.82) is 0 Å². The zero-order valence-corrected chi connectivity index (χ0v) is 11.0. The summed E-state index contributed by atoms with van der Waals surface area (Å²) in [5, 5.41) is 0.531. The molecule has 1 atom stereocenters. The molecule has 2 nitrogen and oxygen atoms in total. The molecule has 0 amide bonds. The minimum absolute atomic E-state index is 0.122. The largest absolute Gasteiger partial charge is 0.469 e. The Bertz CT molecular complexity index is 496. The number of rotatable bonds is 4. The standard InChI is InChI=1S/C13H13Cl2NO/c1-2-13-10(4-6-17-13)11(14)7-9-3-5-16-8-12(9)15/h3-6,8,11H,2,7H2,1H3. The fourth-order valence-corrected chi connectivity index (χ4v) is 2.35. The maximum Gasteiger partial charge on any atom is 0.108 e. The molecule has 0 spiro atoms. The van der Waals surface area contributed by atoms with Crippen molar-refractivity contribution in [3.05, 3.63) is 52.7 Å². The van der Waals surface area contributed by atoms with Crippen molar-refractivity contribution in [3.63, 3.8) is 0 Å². The summed E-state index contributed by atoms with van der Waals surface area (Å²) in [7, 11) is 0. The van der Waals surface area contributed by atoms with Gasteiger partial charge in [0.05, 0.1) is 16.7 Å². The van der Waals surface area contributed by atoms with Gasteiger partial charge < -0.3 is 4.42 Å². The maximum absolute atomic E-state index is 6.40. The van der Waals surface area contributed by atoms with E-state index in [0.29, 0.717) is 11.4 Å². The lowest BCUT2D eigenvalue weighted by molar-refractivity contribution is 0.510. The van der Waals surface area contributed by atoms with E-state index in [4.69, 9.17) is 27.6 Å². The quantitative estimate of drug-likeness (QED) is 0.769. The van der Waals surface area contributed by atoms with Crippen LogP contribution in [0.5, 0.6) is 0 Å². The van der Waals surface area contributed by atoms with Crippen molar-refractivity contribution in [2.24, 2.45) is 0 Å². The SMILES string of the molecule is CCc1occc1C(Cl)Cc1ccncc1Cl. The first-order valence-corrected chi connectivity index (χ1v) is 6.32. The Balaban J connectivity index is 2.17. The molecule has 2 aromatic heterocycles.